The summed E-state index contributed by atoms with van der Waals surface area (Å²) in [5.41, 5.74) is 1.18. The molecule has 176 valence electrons. The molecule has 0 aliphatic rings. The Labute approximate surface area is 190 Å². The topological polar surface area (TPSA) is 136 Å². The van der Waals surface area contributed by atoms with E-state index in [0.29, 0.717) is 22.6 Å². The number of carboxylic acid groups (broad SMARTS) is 2. The van der Waals surface area contributed by atoms with E-state index in [-0.39, 0.29) is 25.7 Å². The van der Waals surface area contributed by atoms with Crippen molar-refractivity contribution in [1.29, 1.82) is 0 Å². The summed E-state index contributed by atoms with van der Waals surface area (Å²) in [5.74, 6) is -4.22. The molecule has 9 nitrogen and oxygen atoms in total. The highest BCUT2D eigenvalue weighted by Crippen LogP contribution is 2.28. The number of carbonyl (C=O) groups is 4. The molecule has 2 atom stereocenters. The van der Waals surface area contributed by atoms with Gasteiger partial charge in [-0.1, -0.05) is 24.3 Å². The fourth-order valence-corrected chi connectivity index (χ4v) is 3.40. The van der Waals surface area contributed by atoms with Gasteiger partial charge in [0.25, 0.3) is 0 Å². The van der Waals surface area contributed by atoms with Crippen LogP contribution in [0.3, 0.4) is 0 Å². The predicted octanol–water partition coefficient (Wildman–Crippen LogP) is 3.37. The van der Waals surface area contributed by atoms with Crippen molar-refractivity contribution in [3.8, 4) is 11.5 Å². The van der Waals surface area contributed by atoms with Gasteiger partial charge in [0.1, 0.15) is 11.5 Å². The third kappa shape index (κ3) is 8.29. The summed E-state index contributed by atoms with van der Waals surface area (Å²) in [6, 6.07) is 13.2. The van der Waals surface area contributed by atoms with Crippen LogP contribution in [-0.4, -0.2) is 48.3 Å². The van der Waals surface area contributed by atoms with Gasteiger partial charge in [-0.3, -0.25) is 19.2 Å². The minimum Gasteiger partial charge on any atom is -0.497 e. The van der Waals surface area contributed by atoms with Crippen LogP contribution in [0.4, 0.5) is 0 Å². The molecule has 0 aliphatic carbocycles. The lowest BCUT2D eigenvalue weighted by Crippen LogP contribution is -2.19. The molecule has 2 aromatic carbocycles. The molecule has 2 rings (SSSR count). The highest BCUT2D eigenvalue weighted by atomic mass is 16.6. The Kier molecular flexibility index (Phi) is 9.41. The predicted molar refractivity (Wildman–Crippen MR) is 116 cm³/mol. The molecule has 0 fully saturated rings. The zero-order valence-corrected chi connectivity index (χ0v) is 18.4. The minimum absolute atomic E-state index is 0.323. The van der Waals surface area contributed by atoms with Gasteiger partial charge in [0.2, 0.25) is 0 Å². The van der Waals surface area contributed by atoms with Crippen molar-refractivity contribution in [1.82, 2.24) is 0 Å². The van der Waals surface area contributed by atoms with Gasteiger partial charge in [-0.2, -0.15) is 0 Å². The van der Waals surface area contributed by atoms with Gasteiger partial charge < -0.3 is 24.4 Å². The molecule has 9 heteroatoms. The second kappa shape index (κ2) is 12.2. The van der Waals surface area contributed by atoms with Crippen molar-refractivity contribution in [2.24, 2.45) is 0 Å². The lowest BCUT2D eigenvalue weighted by atomic mass is 9.92. The number of carboxylic acids is 2. The first-order valence-electron chi connectivity index (χ1n) is 10.2. The van der Waals surface area contributed by atoms with Crippen LogP contribution in [0.5, 0.6) is 11.5 Å². The Morgan fingerprint density at radius 2 is 0.970 bits per heavy atom. The van der Waals surface area contributed by atoms with E-state index in [2.05, 4.69) is 0 Å². The van der Waals surface area contributed by atoms with Crippen LogP contribution in [0.15, 0.2) is 48.5 Å². The van der Waals surface area contributed by atoms with Gasteiger partial charge in [0.15, 0.2) is 0 Å². The maximum atomic E-state index is 12.4. The Morgan fingerprint density at radius 1 is 0.636 bits per heavy atom. The van der Waals surface area contributed by atoms with Crippen molar-refractivity contribution >= 4 is 23.9 Å². The molecule has 0 saturated carbocycles. The van der Waals surface area contributed by atoms with Crippen LogP contribution in [-0.2, 0) is 23.9 Å². The molecule has 2 aromatic rings. The van der Waals surface area contributed by atoms with Crippen molar-refractivity contribution in [3.05, 3.63) is 59.7 Å². The zero-order valence-electron chi connectivity index (χ0n) is 18.4. The van der Waals surface area contributed by atoms with E-state index >= 15 is 0 Å². The maximum Gasteiger partial charge on any atom is 0.314 e. The van der Waals surface area contributed by atoms with Crippen LogP contribution in [0.1, 0.15) is 48.6 Å². The van der Waals surface area contributed by atoms with E-state index in [4.69, 9.17) is 14.2 Å². The van der Waals surface area contributed by atoms with Crippen LogP contribution in [0.25, 0.3) is 0 Å². The third-order valence-corrected chi connectivity index (χ3v) is 5.07. The molecule has 33 heavy (non-hydrogen) atoms. The number of hydrogen-bond donors (Lipinski definition) is 2. The number of benzene rings is 2. The van der Waals surface area contributed by atoms with Gasteiger partial charge in [-0.05, 0) is 35.4 Å². The number of methoxy groups -OCH3 is 2. The first-order chi connectivity index (χ1) is 15.7. The van der Waals surface area contributed by atoms with Gasteiger partial charge in [-0.15, -0.1) is 0 Å². The molecular weight excluding hydrogens is 432 g/mol. The van der Waals surface area contributed by atoms with E-state index < -0.39 is 35.7 Å². The van der Waals surface area contributed by atoms with Gasteiger partial charge in [-0.25, -0.2) is 0 Å². The molecule has 2 N–H and O–H groups in total. The smallest absolute Gasteiger partial charge is 0.314 e. The van der Waals surface area contributed by atoms with E-state index in [1.807, 2.05) is 0 Å². The standard InChI is InChI=1S/C24H26O9/c1-31-19-7-3-15(4-8-19)17(11-21(25)26)13-23(29)33-24(30)14-18(12-22(27)28)16-5-9-20(32-2)10-6-16/h3-10,17-18H,11-14H2,1-2H3,(H,25,26)(H,27,28). The number of ether oxygens (including phenoxy) is 3. The number of hydrogen-bond acceptors (Lipinski definition) is 7. The summed E-state index contributed by atoms with van der Waals surface area (Å²) < 4.78 is 15.0. The summed E-state index contributed by atoms with van der Waals surface area (Å²) in [7, 11) is 2.99. The number of aliphatic carboxylic acids is 2. The molecule has 0 heterocycles. The fraction of sp³-hybridized carbons (Fsp3) is 0.333. The molecule has 0 amide bonds. The highest BCUT2D eigenvalue weighted by Gasteiger charge is 2.25. The van der Waals surface area contributed by atoms with Gasteiger partial charge in [0, 0.05) is 11.8 Å². The number of esters is 2. The Hall–Kier alpha value is -3.88. The second-order valence-electron chi connectivity index (χ2n) is 7.39. The largest absolute Gasteiger partial charge is 0.497 e. The minimum atomic E-state index is -1.10. The molecule has 0 saturated heterocycles. The summed E-state index contributed by atoms with van der Waals surface area (Å²) >= 11 is 0. The summed E-state index contributed by atoms with van der Waals surface area (Å²) in [4.78, 5) is 47.2. The molecule has 0 radical (unpaired) electrons. The van der Waals surface area contributed by atoms with Crippen molar-refractivity contribution < 1.29 is 43.6 Å². The number of carbonyl (C=O) groups excluding carboxylic acids is 2. The Bertz CT molecular complexity index is 885. The molecule has 2 unspecified atom stereocenters. The Morgan fingerprint density at radius 3 is 1.24 bits per heavy atom. The lowest BCUT2D eigenvalue weighted by molar-refractivity contribution is -0.160. The Balaban J connectivity index is 2.05. The van der Waals surface area contributed by atoms with Crippen LogP contribution < -0.4 is 9.47 Å². The van der Waals surface area contributed by atoms with Gasteiger partial charge >= 0.3 is 23.9 Å². The normalized spacial score (nSPS) is 12.3. The molecule has 0 aromatic heterocycles. The van der Waals surface area contributed by atoms with Crippen LogP contribution in [0, 0.1) is 0 Å². The second-order valence-corrected chi connectivity index (χ2v) is 7.39. The monoisotopic (exact) mass is 458 g/mol. The average Bonchev–Trinajstić information content (AvgIpc) is 2.77. The molecule has 0 bridgehead atoms. The highest BCUT2D eigenvalue weighted by molar-refractivity contribution is 5.87. The fourth-order valence-electron chi connectivity index (χ4n) is 3.40. The SMILES string of the molecule is COc1ccc(C(CC(=O)O)CC(=O)OC(=O)CC(CC(=O)O)c2ccc(OC)cc2)cc1. The van der Waals surface area contributed by atoms with E-state index in [9.17, 15) is 29.4 Å². The summed E-state index contributed by atoms with van der Waals surface area (Å²) in [6.45, 7) is 0. The molecular formula is C24H26O9. The summed E-state index contributed by atoms with van der Waals surface area (Å²) in [6.07, 6.45) is -1.31. The maximum absolute atomic E-state index is 12.4. The average molecular weight is 458 g/mol. The zero-order chi connectivity index (χ0) is 24.4. The lowest BCUT2D eigenvalue weighted by Gasteiger charge is -2.17. The quantitative estimate of drug-likeness (QED) is 0.362. The van der Waals surface area contributed by atoms with Gasteiger partial charge in [0.05, 0.1) is 39.9 Å². The van der Waals surface area contributed by atoms with E-state index in [1.165, 1.54) is 14.2 Å². The molecule has 0 spiro atoms. The van der Waals surface area contributed by atoms with Crippen molar-refractivity contribution in [3.63, 3.8) is 0 Å². The van der Waals surface area contributed by atoms with E-state index in [0.717, 1.165) is 0 Å². The molecule has 0 aliphatic heterocycles. The first-order valence-corrected chi connectivity index (χ1v) is 10.2. The third-order valence-electron chi connectivity index (χ3n) is 5.07. The van der Waals surface area contributed by atoms with E-state index in [1.54, 1.807) is 48.5 Å². The van der Waals surface area contributed by atoms with Crippen LogP contribution >= 0.6 is 0 Å². The van der Waals surface area contributed by atoms with Crippen molar-refractivity contribution in [2.45, 2.75) is 37.5 Å². The van der Waals surface area contributed by atoms with Crippen molar-refractivity contribution in [2.75, 3.05) is 14.2 Å². The van der Waals surface area contributed by atoms with Crippen LogP contribution in [0.2, 0.25) is 0 Å². The summed E-state index contributed by atoms with van der Waals surface area (Å²) in [5, 5.41) is 18.4. The first kappa shape index (κ1) is 25.4. The number of rotatable bonds is 12.